The fourth-order valence-corrected chi connectivity index (χ4v) is 2.96. The zero-order valence-electron chi connectivity index (χ0n) is 12.6. The highest BCUT2D eigenvalue weighted by molar-refractivity contribution is 7.99. The van der Waals surface area contributed by atoms with Gasteiger partial charge in [0.05, 0.1) is 7.11 Å². The number of hydrogen-bond donors (Lipinski definition) is 0. The molecular weight excluding hydrogens is 294 g/mol. The third kappa shape index (κ3) is 6.04. The van der Waals surface area contributed by atoms with Gasteiger partial charge in [0, 0.05) is 4.90 Å². The standard InChI is InChI=1S/C16H22F2O2S/c1-3-4-5-6-7-8-9-21-12-10-13(17)15(14(18)11-12)16(19)20-2/h10-11H,3-9H2,1-2H3. The van der Waals surface area contributed by atoms with Crippen molar-refractivity contribution >= 4 is 17.7 Å². The topological polar surface area (TPSA) is 26.3 Å². The second kappa shape index (κ2) is 9.77. The molecule has 0 saturated carbocycles. The van der Waals surface area contributed by atoms with Crippen LogP contribution in [0.5, 0.6) is 0 Å². The molecule has 0 N–H and O–H groups in total. The number of thioether (sulfide) groups is 1. The maximum absolute atomic E-state index is 13.7. The fraction of sp³-hybridized carbons (Fsp3) is 0.562. The van der Waals surface area contributed by atoms with Crippen LogP contribution >= 0.6 is 11.8 Å². The number of methoxy groups -OCH3 is 1. The summed E-state index contributed by atoms with van der Waals surface area (Å²) in [5.41, 5.74) is -0.624. The summed E-state index contributed by atoms with van der Waals surface area (Å²) < 4.78 is 31.8. The molecule has 21 heavy (non-hydrogen) atoms. The Balaban J connectivity index is 2.45. The van der Waals surface area contributed by atoms with Gasteiger partial charge in [0.1, 0.15) is 17.2 Å². The van der Waals surface area contributed by atoms with Crippen molar-refractivity contribution in [1.29, 1.82) is 0 Å². The number of halogens is 2. The van der Waals surface area contributed by atoms with E-state index in [0.29, 0.717) is 4.90 Å². The Labute approximate surface area is 129 Å². The van der Waals surface area contributed by atoms with Crippen LogP contribution in [0.1, 0.15) is 55.8 Å². The molecule has 0 fully saturated rings. The van der Waals surface area contributed by atoms with Crippen molar-refractivity contribution in [3.05, 3.63) is 29.3 Å². The van der Waals surface area contributed by atoms with Crippen molar-refractivity contribution in [2.24, 2.45) is 0 Å². The average molecular weight is 316 g/mol. The number of hydrogen-bond acceptors (Lipinski definition) is 3. The molecule has 0 aromatic heterocycles. The van der Waals surface area contributed by atoms with Crippen molar-refractivity contribution in [1.82, 2.24) is 0 Å². The number of benzene rings is 1. The minimum atomic E-state index is -0.988. The third-order valence-electron chi connectivity index (χ3n) is 3.17. The Kier molecular flexibility index (Phi) is 8.35. The van der Waals surface area contributed by atoms with E-state index in [1.54, 1.807) is 0 Å². The monoisotopic (exact) mass is 316 g/mol. The second-order valence-corrected chi connectivity index (χ2v) is 6.04. The molecule has 1 rings (SSSR count). The number of rotatable bonds is 9. The summed E-state index contributed by atoms with van der Waals surface area (Å²) in [6.45, 7) is 2.18. The maximum atomic E-state index is 13.7. The van der Waals surface area contributed by atoms with Gasteiger partial charge in [0.25, 0.3) is 0 Å². The van der Waals surface area contributed by atoms with Gasteiger partial charge in [-0.05, 0) is 24.3 Å². The zero-order valence-corrected chi connectivity index (χ0v) is 13.4. The first-order chi connectivity index (χ1) is 10.1. The van der Waals surface area contributed by atoms with Crippen molar-refractivity contribution < 1.29 is 18.3 Å². The summed E-state index contributed by atoms with van der Waals surface area (Å²) in [6.07, 6.45) is 7.10. The van der Waals surface area contributed by atoms with Crippen LogP contribution in [0.25, 0.3) is 0 Å². The first-order valence-corrected chi connectivity index (χ1v) is 8.28. The van der Waals surface area contributed by atoms with E-state index < -0.39 is 23.2 Å². The summed E-state index contributed by atoms with van der Waals surface area (Å²) in [5, 5.41) is 0. The summed E-state index contributed by atoms with van der Waals surface area (Å²) in [5.74, 6) is -1.90. The van der Waals surface area contributed by atoms with Gasteiger partial charge in [-0.25, -0.2) is 13.6 Å². The van der Waals surface area contributed by atoms with Gasteiger partial charge in [0.15, 0.2) is 0 Å². The molecule has 0 atom stereocenters. The number of carbonyl (C=O) groups excluding carboxylic acids is 1. The molecule has 0 saturated heterocycles. The van der Waals surface area contributed by atoms with Gasteiger partial charge in [-0.2, -0.15) is 0 Å². The molecule has 0 aliphatic carbocycles. The molecule has 0 bridgehead atoms. The Morgan fingerprint density at radius 3 is 2.24 bits per heavy atom. The van der Waals surface area contributed by atoms with E-state index in [9.17, 15) is 13.6 Å². The molecule has 0 heterocycles. The van der Waals surface area contributed by atoms with E-state index in [1.807, 2.05) is 0 Å². The molecule has 0 radical (unpaired) electrons. The molecular formula is C16H22F2O2S. The van der Waals surface area contributed by atoms with E-state index in [2.05, 4.69) is 11.7 Å². The maximum Gasteiger partial charge on any atom is 0.343 e. The molecule has 0 aliphatic rings. The quantitative estimate of drug-likeness (QED) is 0.356. The van der Waals surface area contributed by atoms with Crippen LogP contribution in [0.4, 0.5) is 8.78 Å². The zero-order chi connectivity index (χ0) is 15.7. The summed E-state index contributed by atoms with van der Waals surface area (Å²) in [6, 6.07) is 2.38. The van der Waals surface area contributed by atoms with Crippen LogP contribution in [0.15, 0.2) is 17.0 Å². The van der Waals surface area contributed by atoms with Crippen molar-refractivity contribution in [2.45, 2.75) is 50.3 Å². The Hall–Kier alpha value is -1.10. The van der Waals surface area contributed by atoms with E-state index >= 15 is 0 Å². The lowest BCUT2D eigenvalue weighted by atomic mass is 10.1. The van der Waals surface area contributed by atoms with E-state index in [1.165, 1.54) is 49.6 Å². The van der Waals surface area contributed by atoms with Crippen LogP contribution in [0.3, 0.4) is 0 Å². The molecule has 1 aromatic carbocycles. The van der Waals surface area contributed by atoms with Gasteiger partial charge < -0.3 is 4.74 Å². The molecule has 0 aliphatic heterocycles. The number of unbranched alkanes of at least 4 members (excludes halogenated alkanes) is 5. The van der Waals surface area contributed by atoms with Gasteiger partial charge in [0.2, 0.25) is 0 Å². The lowest BCUT2D eigenvalue weighted by Gasteiger charge is -2.06. The van der Waals surface area contributed by atoms with Crippen LogP contribution in [-0.2, 0) is 4.74 Å². The molecule has 1 aromatic rings. The van der Waals surface area contributed by atoms with Gasteiger partial charge in [-0.3, -0.25) is 0 Å². The average Bonchev–Trinajstić information content (AvgIpc) is 2.45. The van der Waals surface area contributed by atoms with Gasteiger partial charge in [-0.15, -0.1) is 11.8 Å². The molecule has 0 spiro atoms. The first kappa shape index (κ1) is 18.0. The Morgan fingerprint density at radius 1 is 1.10 bits per heavy atom. The minimum Gasteiger partial charge on any atom is -0.465 e. The largest absolute Gasteiger partial charge is 0.465 e. The van der Waals surface area contributed by atoms with Crippen molar-refractivity contribution in [3.8, 4) is 0 Å². The van der Waals surface area contributed by atoms with Crippen LogP contribution in [0, 0.1) is 11.6 Å². The highest BCUT2D eigenvalue weighted by Gasteiger charge is 2.19. The Bertz CT molecular complexity index is 441. The van der Waals surface area contributed by atoms with E-state index in [0.717, 1.165) is 25.7 Å². The van der Waals surface area contributed by atoms with Crippen molar-refractivity contribution in [3.63, 3.8) is 0 Å². The number of carbonyl (C=O) groups is 1. The van der Waals surface area contributed by atoms with Gasteiger partial charge in [-0.1, -0.05) is 39.0 Å². The molecule has 2 nitrogen and oxygen atoms in total. The molecule has 0 unspecified atom stereocenters. The highest BCUT2D eigenvalue weighted by Crippen LogP contribution is 2.25. The Morgan fingerprint density at radius 2 is 1.67 bits per heavy atom. The summed E-state index contributed by atoms with van der Waals surface area (Å²) >= 11 is 1.41. The van der Waals surface area contributed by atoms with E-state index in [-0.39, 0.29) is 0 Å². The summed E-state index contributed by atoms with van der Waals surface area (Å²) in [7, 11) is 1.10. The predicted molar refractivity (Wildman–Crippen MR) is 81.8 cm³/mol. The SMILES string of the molecule is CCCCCCCCSc1cc(F)c(C(=O)OC)c(F)c1. The second-order valence-electron chi connectivity index (χ2n) is 4.87. The third-order valence-corrected chi connectivity index (χ3v) is 4.23. The number of esters is 1. The minimum absolute atomic E-state index is 0.506. The lowest BCUT2D eigenvalue weighted by molar-refractivity contribution is 0.0589. The molecule has 5 heteroatoms. The van der Waals surface area contributed by atoms with Crippen LogP contribution in [0.2, 0.25) is 0 Å². The van der Waals surface area contributed by atoms with Crippen molar-refractivity contribution in [2.75, 3.05) is 12.9 Å². The fourth-order valence-electron chi connectivity index (χ4n) is 2.00. The summed E-state index contributed by atoms with van der Waals surface area (Å²) in [4.78, 5) is 11.7. The van der Waals surface area contributed by atoms with Crippen LogP contribution < -0.4 is 0 Å². The lowest BCUT2D eigenvalue weighted by Crippen LogP contribution is -2.08. The normalized spacial score (nSPS) is 10.7. The van der Waals surface area contributed by atoms with Gasteiger partial charge >= 0.3 is 5.97 Å². The van der Waals surface area contributed by atoms with E-state index in [4.69, 9.17) is 0 Å². The first-order valence-electron chi connectivity index (χ1n) is 7.30. The highest BCUT2D eigenvalue weighted by atomic mass is 32.2. The molecule has 118 valence electrons. The smallest absolute Gasteiger partial charge is 0.343 e. The predicted octanol–water partition coefficient (Wildman–Crippen LogP) is 5.20. The van der Waals surface area contributed by atoms with Crippen LogP contribution in [-0.4, -0.2) is 18.8 Å². The molecule has 0 amide bonds. The number of ether oxygens (including phenoxy) is 1.